The van der Waals surface area contributed by atoms with Crippen molar-refractivity contribution in [3.63, 3.8) is 0 Å². The van der Waals surface area contributed by atoms with Gasteiger partial charge in [-0.3, -0.25) is 0 Å². The third-order valence-electron chi connectivity index (χ3n) is 3.20. The molecule has 2 aliphatic heterocycles. The van der Waals surface area contributed by atoms with Crippen LogP contribution in [0, 0.1) is 0 Å². The number of hydrogen-bond donors (Lipinski definition) is 1. The standard InChI is InChI=1S/C13H24N2O3/c1-13(2,3)18-12(16)15-7-5-11(9-15)17-10-4-6-14-8-10/h10-11,14H,4-9H2,1-3H3/t10-,11+/m1/s1. The molecule has 2 heterocycles. The van der Waals surface area contributed by atoms with Gasteiger partial charge in [0.05, 0.1) is 18.8 Å². The second-order valence-corrected chi connectivity index (χ2v) is 6.09. The number of nitrogens with one attached hydrogen (secondary N) is 1. The molecule has 2 aliphatic rings. The van der Waals surface area contributed by atoms with Crippen molar-refractivity contribution in [3.05, 3.63) is 0 Å². The van der Waals surface area contributed by atoms with Crippen molar-refractivity contribution >= 4 is 6.09 Å². The Labute approximate surface area is 109 Å². The van der Waals surface area contributed by atoms with Crippen LogP contribution >= 0.6 is 0 Å². The van der Waals surface area contributed by atoms with E-state index < -0.39 is 5.60 Å². The fourth-order valence-corrected chi connectivity index (χ4v) is 2.35. The van der Waals surface area contributed by atoms with Gasteiger partial charge in [-0.2, -0.15) is 0 Å². The second kappa shape index (κ2) is 5.45. The molecule has 2 fully saturated rings. The first kappa shape index (κ1) is 13.6. The van der Waals surface area contributed by atoms with E-state index in [1.54, 1.807) is 4.90 Å². The van der Waals surface area contributed by atoms with Gasteiger partial charge in [0.25, 0.3) is 0 Å². The van der Waals surface area contributed by atoms with E-state index in [0.29, 0.717) is 12.6 Å². The third kappa shape index (κ3) is 3.85. The Morgan fingerprint density at radius 1 is 1.28 bits per heavy atom. The molecule has 2 rings (SSSR count). The average molecular weight is 256 g/mol. The molecule has 0 aromatic rings. The molecule has 0 aliphatic carbocycles. The smallest absolute Gasteiger partial charge is 0.410 e. The molecular formula is C13H24N2O3. The van der Waals surface area contributed by atoms with Gasteiger partial charge in [-0.1, -0.05) is 0 Å². The van der Waals surface area contributed by atoms with Crippen molar-refractivity contribution in [2.45, 2.75) is 51.4 Å². The number of rotatable bonds is 2. The summed E-state index contributed by atoms with van der Waals surface area (Å²) in [5.41, 5.74) is -0.425. The Morgan fingerprint density at radius 2 is 2.06 bits per heavy atom. The summed E-state index contributed by atoms with van der Waals surface area (Å²) in [6, 6.07) is 0. The summed E-state index contributed by atoms with van der Waals surface area (Å²) in [6.07, 6.45) is 2.24. The molecule has 0 radical (unpaired) electrons. The lowest BCUT2D eigenvalue weighted by molar-refractivity contribution is -0.00203. The minimum atomic E-state index is -0.425. The van der Waals surface area contributed by atoms with Gasteiger partial charge < -0.3 is 19.7 Å². The highest BCUT2D eigenvalue weighted by Gasteiger charge is 2.32. The van der Waals surface area contributed by atoms with Gasteiger partial charge in [0.2, 0.25) is 0 Å². The van der Waals surface area contributed by atoms with Gasteiger partial charge in [-0.05, 0) is 40.2 Å². The molecule has 5 heteroatoms. The van der Waals surface area contributed by atoms with E-state index in [-0.39, 0.29) is 12.2 Å². The molecule has 0 bridgehead atoms. The highest BCUT2D eigenvalue weighted by atomic mass is 16.6. The molecule has 1 N–H and O–H groups in total. The van der Waals surface area contributed by atoms with E-state index in [4.69, 9.17) is 9.47 Å². The summed E-state index contributed by atoms with van der Waals surface area (Å²) in [6.45, 7) is 9.03. The van der Waals surface area contributed by atoms with E-state index in [9.17, 15) is 4.79 Å². The average Bonchev–Trinajstić information content (AvgIpc) is 2.86. The summed E-state index contributed by atoms with van der Waals surface area (Å²) in [7, 11) is 0. The highest BCUT2D eigenvalue weighted by Crippen LogP contribution is 2.19. The number of likely N-dealkylation sites (tertiary alicyclic amines) is 1. The molecule has 104 valence electrons. The van der Waals surface area contributed by atoms with E-state index in [1.807, 2.05) is 20.8 Å². The van der Waals surface area contributed by atoms with E-state index >= 15 is 0 Å². The first-order valence-corrected chi connectivity index (χ1v) is 6.78. The van der Waals surface area contributed by atoms with Gasteiger partial charge in [0.15, 0.2) is 0 Å². The minimum Gasteiger partial charge on any atom is -0.444 e. The first-order chi connectivity index (χ1) is 8.44. The molecular weight excluding hydrogens is 232 g/mol. The Hall–Kier alpha value is -0.810. The van der Waals surface area contributed by atoms with Crippen molar-refractivity contribution in [1.82, 2.24) is 10.2 Å². The van der Waals surface area contributed by atoms with Crippen LogP contribution in [0.5, 0.6) is 0 Å². The molecule has 18 heavy (non-hydrogen) atoms. The summed E-state index contributed by atoms with van der Waals surface area (Å²) in [5.74, 6) is 0. The number of carbonyl (C=O) groups excluding carboxylic acids is 1. The maximum absolute atomic E-state index is 11.9. The van der Waals surface area contributed by atoms with Crippen LogP contribution < -0.4 is 5.32 Å². The van der Waals surface area contributed by atoms with Crippen LogP contribution in [0.1, 0.15) is 33.6 Å². The maximum Gasteiger partial charge on any atom is 0.410 e. The Morgan fingerprint density at radius 3 is 2.67 bits per heavy atom. The lowest BCUT2D eigenvalue weighted by atomic mass is 10.2. The molecule has 0 saturated carbocycles. The number of ether oxygens (including phenoxy) is 2. The Kier molecular flexibility index (Phi) is 4.12. The zero-order chi connectivity index (χ0) is 13.2. The summed E-state index contributed by atoms with van der Waals surface area (Å²) in [5, 5.41) is 3.28. The SMILES string of the molecule is CC(C)(C)OC(=O)N1CC[C@H](O[C@@H]2CCNC2)C1. The first-order valence-electron chi connectivity index (χ1n) is 6.78. The zero-order valence-electron chi connectivity index (χ0n) is 11.6. The molecule has 0 aromatic heterocycles. The largest absolute Gasteiger partial charge is 0.444 e. The third-order valence-corrected chi connectivity index (χ3v) is 3.20. The topological polar surface area (TPSA) is 50.8 Å². The van der Waals surface area contributed by atoms with Crippen LogP contribution in [0.3, 0.4) is 0 Å². The van der Waals surface area contributed by atoms with Crippen LogP contribution in [-0.4, -0.2) is 55.0 Å². The fraction of sp³-hybridized carbons (Fsp3) is 0.923. The zero-order valence-corrected chi connectivity index (χ0v) is 11.6. The monoisotopic (exact) mass is 256 g/mol. The second-order valence-electron chi connectivity index (χ2n) is 6.09. The van der Waals surface area contributed by atoms with Crippen LogP contribution in [0.4, 0.5) is 4.79 Å². The Bertz CT molecular complexity index is 295. The highest BCUT2D eigenvalue weighted by molar-refractivity contribution is 5.68. The van der Waals surface area contributed by atoms with Crippen LogP contribution in [-0.2, 0) is 9.47 Å². The van der Waals surface area contributed by atoms with Crippen molar-refractivity contribution < 1.29 is 14.3 Å². The molecule has 0 unspecified atom stereocenters. The predicted octanol–water partition coefficient (Wildman–Crippen LogP) is 1.37. The molecule has 5 nitrogen and oxygen atoms in total. The van der Waals surface area contributed by atoms with Crippen molar-refractivity contribution in [3.8, 4) is 0 Å². The van der Waals surface area contributed by atoms with Gasteiger partial charge in [-0.25, -0.2) is 4.79 Å². The van der Waals surface area contributed by atoms with Crippen LogP contribution in [0.25, 0.3) is 0 Å². The van der Waals surface area contributed by atoms with Crippen LogP contribution in [0.2, 0.25) is 0 Å². The van der Waals surface area contributed by atoms with E-state index in [0.717, 1.165) is 32.5 Å². The summed E-state index contributed by atoms with van der Waals surface area (Å²) >= 11 is 0. The van der Waals surface area contributed by atoms with Crippen molar-refractivity contribution in [1.29, 1.82) is 0 Å². The predicted molar refractivity (Wildman–Crippen MR) is 68.6 cm³/mol. The number of hydrogen-bond acceptors (Lipinski definition) is 4. The van der Waals surface area contributed by atoms with Crippen molar-refractivity contribution in [2.24, 2.45) is 0 Å². The van der Waals surface area contributed by atoms with E-state index in [2.05, 4.69) is 5.32 Å². The minimum absolute atomic E-state index is 0.169. The number of amides is 1. The van der Waals surface area contributed by atoms with Gasteiger partial charge >= 0.3 is 6.09 Å². The molecule has 1 amide bonds. The number of nitrogens with zero attached hydrogens (tertiary/aromatic N) is 1. The molecule has 0 spiro atoms. The van der Waals surface area contributed by atoms with Gasteiger partial charge in [0, 0.05) is 13.1 Å². The van der Waals surface area contributed by atoms with Gasteiger partial charge in [-0.15, -0.1) is 0 Å². The molecule has 2 atom stereocenters. The Balaban J connectivity index is 1.75. The van der Waals surface area contributed by atoms with Crippen LogP contribution in [0.15, 0.2) is 0 Å². The molecule has 2 saturated heterocycles. The quantitative estimate of drug-likeness (QED) is 0.811. The normalized spacial score (nSPS) is 28.7. The lowest BCUT2D eigenvalue weighted by Gasteiger charge is -2.24. The summed E-state index contributed by atoms with van der Waals surface area (Å²) < 4.78 is 11.3. The fourth-order valence-electron chi connectivity index (χ4n) is 2.35. The van der Waals surface area contributed by atoms with E-state index in [1.165, 1.54) is 0 Å². The summed E-state index contributed by atoms with van der Waals surface area (Å²) in [4.78, 5) is 13.6. The van der Waals surface area contributed by atoms with Crippen molar-refractivity contribution in [2.75, 3.05) is 26.2 Å². The molecule has 0 aromatic carbocycles. The maximum atomic E-state index is 11.9. The lowest BCUT2D eigenvalue weighted by Crippen LogP contribution is -2.36. The number of carbonyl (C=O) groups is 1. The van der Waals surface area contributed by atoms with Gasteiger partial charge in [0.1, 0.15) is 5.60 Å².